The first-order valence-corrected chi connectivity index (χ1v) is 6.85. The highest BCUT2D eigenvalue weighted by Crippen LogP contribution is 2.34. The Kier molecular flexibility index (Phi) is 5.51. The zero-order valence-electron chi connectivity index (χ0n) is 11.7. The lowest BCUT2D eigenvalue weighted by Crippen LogP contribution is -2.04. The molecule has 2 rings (SSSR count). The van der Waals surface area contributed by atoms with Gasteiger partial charge in [-0.05, 0) is 18.2 Å². The van der Waals surface area contributed by atoms with Gasteiger partial charge >= 0.3 is 0 Å². The van der Waals surface area contributed by atoms with Crippen molar-refractivity contribution in [3.8, 4) is 23.3 Å². The van der Waals surface area contributed by atoms with Crippen LogP contribution in [0, 0.1) is 11.8 Å². The minimum atomic E-state index is 0.250. The predicted molar refractivity (Wildman–Crippen MR) is 84.7 cm³/mol. The molecule has 0 fully saturated rings. The Labute approximate surface area is 129 Å². The van der Waals surface area contributed by atoms with E-state index < -0.39 is 0 Å². The van der Waals surface area contributed by atoms with Gasteiger partial charge in [-0.25, -0.2) is 0 Å². The van der Waals surface area contributed by atoms with Crippen LogP contribution in [0.2, 0.25) is 5.02 Å². The SMILES string of the molecule is COc1cc(Cl)cc(CN)c1OCC#Cc1ccccc1. The van der Waals surface area contributed by atoms with Gasteiger partial charge in [0.15, 0.2) is 11.5 Å². The maximum Gasteiger partial charge on any atom is 0.167 e. The van der Waals surface area contributed by atoms with Crippen LogP contribution in [0.15, 0.2) is 42.5 Å². The van der Waals surface area contributed by atoms with E-state index in [1.54, 1.807) is 19.2 Å². The number of methoxy groups -OCH3 is 1. The van der Waals surface area contributed by atoms with Gasteiger partial charge in [0, 0.05) is 28.8 Å². The van der Waals surface area contributed by atoms with E-state index in [4.69, 9.17) is 26.8 Å². The fraction of sp³-hybridized carbons (Fsp3) is 0.176. The van der Waals surface area contributed by atoms with Crippen molar-refractivity contribution in [2.24, 2.45) is 5.73 Å². The van der Waals surface area contributed by atoms with Gasteiger partial charge in [0.25, 0.3) is 0 Å². The fourth-order valence-corrected chi connectivity index (χ4v) is 2.09. The molecule has 0 atom stereocenters. The molecule has 0 amide bonds. The lowest BCUT2D eigenvalue weighted by molar-refractivity contribution is 0.327. The van der Waals surface area contributed by atoms with E-state index in [9.17, 15) is 0 Å². The summed E-state index contributed by atoms with van der Waals surface area (Å²) in [5.74, 6) is 7.14. The lowest BCUT2D eigenvalue weighted by Gasteiger charge is -2.13. The van der Waals surface area contributed by atoms with Gasteiger partial charge in [-0.3, -0.25) is 0 Å². The third-order valence-corrected chi connectivity index (χ3v) is 3.05. The molecule has 0 spiro atoms. The van der Waals surface area contributed by atoms with Crippen LogP contribution in [0.1, 0.15) is 11.1 Å². The first-order chi connectivity index (χ1) is 10.2. The van der Waals surface area contributed by atoms with E-state index in [-0.39, 0.29) is 6.61 Å². The van der Waals surface area contributed by atoms with Gasteiger partial charge < -0.3 is 15.2 Å². The van der Waals surface area contributed by atoms with Crippen LogP contribution in [0.4, 0.5) is 0 Å². The summed E-state index contributed by atoms with van der Waals surface area (Å²) in [6.45, 7) is 0.568. The molecule has 2 aromatic carbocycles. The number of rotatable bonds is 4. The first-order valence-electron chi connectivity index (χ1n) is 6.47. The van der Waals surface area contributed by atoms with E-state index in [2.05, 4.69) is 11.8 Å². The second-order valence-electron chi connectivity index (χ2n) is 4.26. The van der Waals surface area contributed by atoms with Crippen LogP contribution >= 0.6 is 11.6 Å². The Hall–Kier alpha value is -2.15. The molecule has 0 radical (unpaired) electrons. The smallest absolute Gasteiger partial charge is 0.167 e. The summed E-state index contributed by atoms with van der Waals surface area (Å²) in [4.78, 5) is 0. The standard InChI is InChI=1S/C17H16ClNO2/c1-20-16-11-15(18)10-14(12-19)17(16)21-9-5-8-13-6-3-2-4-7-13/h2-4,6-7,10-11H,9,12,19H2,1H3. The van der Waals surface area contributed by atoms with E-state index in [0.717, 1.165) is 11.1 Å². The fourth-order valence-electron chi connectivity index (χ4n) is 1.86. The second kappa shape index (κ2) is 7.58. The van der Waals surface area contributed by atoms with Crippen molar-refractivity contribution in [2.75, 3.05) is 13.7 Å². The van der Waals surface area contributed by atoms with E-state index in [1.165, 1.54) is 0 Å². The molecule has 0 aromatic heterocycles. The van der Waals surface area contributed by atoms with Gasteiger partial charge in [0.2, 0.25) is 0 Å². The third kappa shape index (κ3) is 4.16. The van der Waals surface area contributed by atoms with Gasteiger partial charge in [-0.1, -0.05) is 41.6 Å². The Morgan fingerprint density at radius 2 is 1.95 bits per heavy atom. The topological polar surface area (TPSA) is 44.5 Å². The number of benzene rings is 2. The predicted octanol–water partition coefficient (Wildman–Crippen LogP) is 3.24. The average molecular weight is 302 g/mol. The number of hydrogen-bond acceptors (Lipinski definition) is 3. The van der Waals surface area contributed by atoms with Crippen LogP contribution in [-0.4, -0.2) is 13.7 Å². The summed E-state index contributed by atoms with van der Waals surface area (Å²) in [6.07, 6.45) is 0. The van der Waals surface area contributed by atoms with Crippen molar-refractivity contribution in [1.29, 1.82) is 0 Å². The molecule has 3 nitrogen and oxygen atoms in total. The number of nitrogens with two attached hydrogens (primary N) is 1. The van der Waals surface area contributed by atoms with Gasteiger partial charge in [-0.15, -0.1) is 0 Å². The van der Waals surface area contributed by atoms with Crippen molar-refractivity contribution in [1.82, 2.24) is 0 Å². The first kappa shape index (κ1) is 15.2. The largest absolute Gasteiger partial charge is 0.493 e. The highest BCUT2D eigenvalue weighted by Gasteiger charge is 2.11. The molecule has 0 aliphatic rings. The minimum Gasteiger partial charge on any atom is -0.493 e. The summed E-state index contributed by atoms with van der Waals surface area (Å²) >= 11 is 6.00. The van der Waals surface area contributed by atoms with E-state index in [0.29, 0.717) is 23.1 Å². The van der Waals surface area contributed by atoms with Gasteiger partial charge in [0.1, 0.15) is 6.61 Å². The summed E-state index contributed by atoms with van der Waals surface area (Å²) < 4.78 is 11.0. The normalized spacial score (nSPS) is 9.67. The molecule has 0 aliphatic heterocycles. The average Bonchev–Trinajstić information content (AvgIpc) is 2.52. The highest BCUT2D eigenvalue weighted by atomic mass is 35.5. The number of hydrogen-bond donors (Lipinski definition) is 1. The Morgan fingerprint density at radius 1 is 1.19 bits per heavy atom. The van der Waals surface area contributed by atoms with Gasteiger partial charge in [0.05, 0.1) is 7.11 Å². The third-order valence-electron chi connectivity index (χ3n) is 2.83. The zero-order chi connectivity index (χ0) is 15.1. The quantitative estimate of drug-likeness (QED) is 0.882. The molecular weight excluding hydrogens is 286 g/mol. The molecule has 0 bridgehead atoms. The molecule has 0 saturated heterocycles. The van der Waals surface area contributed by atoms with Crippen LogP contribution in [0.3, 0.4) is 0 Å². The molecule has 2 N–H and O–H groups in total. The van der Waals surface area contributed by atoms with Crippen molar-refractivity contribution in [3.63, 3.8) is 0 Å². The maximum absolute atomic E-state index is 6.00. The molecule has 2 aromatic rings. The van der Waals surface area contributed by atoms with Gasteiger partial charge in [-0.2, -0.15) is 0 Å². The van der Waals surface area contributed by atoms with Crippen LogP contribution in [0.5, 0.6) is 11.5 Å². The molecular formula is C17H16ClNO2. The molecule has 108 valence electrons. The van der Waals surface area contributed by atoms with E-state index in [1.807, 2.05) is 30.3 Å². The zero-order valence-corrected chi connectivity index (χ0v) is 12.5. The minimum absolute atomic E-state index is 0.250. The van der Waals surface area contributed by atoms with Crippen LogP contribution < -0.4 is 15.2 Å². The van der Waals surface area contributed by atoms with Crippen molar-refractivity contribution >= 4 is 11.6 Å². The molecule has 0 heterocycles. The molecule has 4 heteroatoms. The Balaban J connectivity index is 2.11. The van der Waals surface area contributed by atoms with Crippen LogP contribution in [0.25, 0.3) is 0 Å². The number of halogens is 1. The summed E-state index contributed by atoms with van der Waals surface area (Å²) in [5, 5.41) is 0.565. The molecule has 21 heavy (non-hydrogen) atoms. The Morgan fingerprint density at radius 3 is 2.62 bits per heavy atom. The maximum atomic E-state index is 6.00. The summed E-state index contributed by atoms with van der Waals surface area (Å²) in [7, 11) is 1.56. The monoisotopic (exact) mass is 301 g/mol. The molecule has 0 saturated carbocycles. The molecule has 0 unspecified atom stereocenters. The van der Waals surface area contributed by atoms with Crippen LogP contribution in [-0.2, 0) is 6.54 Å². The number of ether oxygens (including phenoxy) is 2. The van der Waals surface area contributed by atoms with Crippen molar-refractivity contribution < 1.29 is 9.47 Å². The molecule has 0 aliphatic carbocycles. The highest BCUT2D eigenvalue weighted by molar-refractivity contribution is 6.30. The van der Waals surface area contributed by atoms with Crippen molar-refractivity contribution in [3.05, 3.63) is 58.6 Å². The lowest BCUT2D eigenvalue weighted by atomic mass is 10.2. The summed E-state index contributed by atoms with van der Waals surface area (Å²) in [6, 6.07) is 13.2. The summed E-state index contributed by atoms with van der Waals surface area (Å²) in [5.41, 5.74) is 7.45. The Bertz CT molecular complexity index is 634. The van der Waals surface area contributed by atoms with Crippen molar-refractivity contribution in [2.45, 2.75) is 6.54 Å². The van der Waals surface area contributed by atoms with E-state index >= 15 is 0 Å². The second-order valence-corrected chi connectivity index (χ2v) is 4.69.